The van der Waals surface area contributed by atoms with Crippen LogP contribution in [-0.2, 0) is 9.59 Å². The summed E-state index contributed by atoms with van der Waals surface area (Å²) in [5.74, 6) is -2.28. The summed E-state index contributed by atoms with van der Waals surface area (Å²) in [5.41, 5.74) is 0. The zero-order chi connectivity index (χ0) is 20.7. The molecule has 0 amide bonds. The average Bonchev–Trinajstić information content (AvgIpc) is 2.76. The van der Waals surface area contributed by atoms with E-state index in [9.17, 15) is 19.8 Å². The van der Waals surface area contributed by atoms with E-state index in [1.54, 1.807) is 0 Å². The standard InChI is InChI=1S/C6H10O4.3C6H5.Sb/c7-5(8)3-1-2-4-6(9)10;3*1-2-4-6-5-3-1;/h1-4H2,(H,7,8)(H,9,10);3*1-5H;/p-2. The van der Waals surface area contributed by atoms with Crippen LogP contribution in [0.25, 0.3) is 0 Å². The molecule has 3 aromatic carbocycles. The third kappa shape index (κ3) is 27.7. The molecule has 0 aliphatic rings. The van der Waals surface area contributed by atoms with E-state index in [-0.39, 0.29) is 37.3 Å². The zero-order valence-electron chi connectivity index (χ0n) is 16.1. The van der Waals surface area contributed by atoms with Crippen molar-refractivity contribution >= 4 is 36.4 Å². The monoisotopic (exact) mass is 496 g/mol. The Morgan fingerprint density at radius 3 is 0.862 bits per heavy atom. The number of unbranched alkanes of at least 4 members (excludes halogenated alkanes) is 1. The third-order valence-electron chi connectivity index (χ3n) is 2.83. The molecule has 6 radical (unpaired) electrons. The van der Waals surface area contributed by atoms with Crippen LogP contribution in [0, 0.1) is 18.2 Å². The van der Waals surface area contributed by atoms with Gasteiger partial charge in [-0.05, 0) is 43.9 Å². The molecule has 0 saturated carbocycles. The Bertz CT molecular complexity index is 521. The molecule has 0 aliphatic heterocycles. The Hall–Kier alpha value is -2.58. The largest absolute Gasteiger partial charge is 0.550 e. The van der Waals surface area contributed by atoms with Gasteiger partial charge < -0.3 is 19.8 Å². The van der Waals surface area contributed by atoms with E-state index in [0.717, 1.165) is 0 Å². The SMILES string of the molecule is O=C([O-])CCCCC(=O)[O-].[Sb].[c]1ccccc1.[c]1ccccc1.[c]1ccccc1. The topological polar surface area (TPSA) is 80.3 Å². The van der Waals surface area contributed by atoms with Crippen molar-refractivity contribution in [2.45, 2.75) is 25.7 Å². The summed E-state index contributed by atoms with van der Waals surface area (Å²) in [6.45, 7) is 0. The number of hydrogen-bond acceptors (Lipinski definition) is 4. The van der Waals surface area contributed by atoms with E-state index in [1.165, 1.54) is 0 Å². The fourth-order valence-corrected chi connectivity index (χ4v) is 1.56. The van der Waals surface area contributed by atoms with Gasteiger partial charge in [-0.1, -0.05) is 91.0 Å². The molecule has 0 atom stereocenters. The van der Waals surface area contributed by atoms with E-state index in [0.29, 0.717) is 12.8 Å². The Labute approximate surface area is 190 Å². The molecule has 0 N–H and O–H groups in total. The summed E-state index contributed by atoms with van der Waals surface area (Å²) in [5, 5.41) is 19.5. The molecule has 29 heavy (non-hydrogen) atoms. The average molecular weight is 497 g/mol. The number of carboxylic acids is 2. The van der Waals surface area contributed by atoms with Crippen molar-refractivity contribution in [3.05, 3.63) is 109 Å². The first-order valence-electron chi connectivity index (χ1n) is 8.76. The van der Waals surface area contributed by atoms with Crippen LogP contribution < -0.4 is 10.2 Å². The molecule has 0 unspecified atom stereocenters. The van der Waals surface area contributed by atoms with E-state index >= 15 is 0 Å². The summed E-state index contributed by atoms with van der Waals surface area (Å²) < 4.78 is 0. The first kappa shape index (κ1) is 28.6. The van der Waals surface area contributed by atoms with Crippen molar-refractivity contribution in [2.75, 3.05) is 0 Å². The van der Waals surface area contributed by atoms with Gasteiger partial charge in [0.15, 0.2) is 0 Å². The van der Waals surface area contributed by atoms with Crippen LogP contribution in [0.4, 0.5) is 0 Å². The predicted molar refractivity (Wildman–Crippen MR) is 110 cm³/mol. The molecule has 3 rings (SSSR count). The number of benzene rings is 3. The molecule has 0 heterocycles. The fraction of sp³-hybridized carbons (Fsp3) is 0.167. The van der Waals surface area contributed by atoms with Crippen molar-refractivity contribution < 1.29 is 19.8 Å². The molecule has 0 saturated heterocycles. The van der Waals surface area contributed by atoms with Gasteiger partial charge in [-0.25, -0.2) is 0 Å². The van der Waals surface area contributed by atoms with Crippen LogP contribution in [0.15, 0.2) is 91.0 Å². The Kier molecular flexibility index (Phi) is 23.2. The molecular weight excluding hydrogens is 474 g/mol. The molecule has 0 aliphatic carbocycles. The molecule has 0 aromatic heterocycles. The van der Waals surface area contributed by atoms with Crippen LogP contribution in [0.3, 0.4) is 0 Å². The Morgan fingerprint density at radius 1 is 0.517 bits per heavy atom. The molecule has 0 spiro atoms. The molecule has 3 aromatic rings. The van der Waals surface area contributed by atoms with Gasteiger partial charge in [-0.15, -0.1) is 0 Å². The fourth-order valence-electron chi connectivity index (χ4n) is 1.56. The maximum atomic E-state index is 9.77. The van der Waals surface area contributed by atoms with Crippen LogP contribution in [-0.4, -0.2) is 36.4 Å². The second-order valence-electron chi connectivity index (χ2n) is 5.18. The van der Waals surface area contributed by atoms with E-state index in [1.807, 2.05) is 91.0 Å². The van der Waals surface area contributed by atoms with Crippen molar-refractivity contribution in [3.8, 4) is 0 Å². The van der Waals surface area contributed by atoms with Crippen molar-refractivity contribution in [2.24, 2.45) is 0 Å². The van der Waals surface area contributed by atoms with E-state index < -0.39 is 11.9 Å². The first-order valence-corrected chi connectivity index (χ1v) is 8.76. The maximum Gasteiger partial charge on any atom is 0.0414 e. The molecule has 0 fully saturated rings. The summed E-state index contributed by atoms with van der Waals surface area (Å²) >= 11 is 0. The number of rotatable bonds is 5. The van der Waals surface area contributed by atoms with Gasteiger partial charge in [0.05, 0.1) is 0 Å². The van der Waals surface area contributed by atoms with Gasteiger partial charge in [0.25, 0.3) is 0 Å². The number of carboxylic acid groups (broad SMARTS) is 2. The van der Waals surface area contributed by atoms with Gasteiger partial charge in [-0.2, -0.15) is 0 Å². The van der Waals surface area contributed by atoms with E-state index in [4.69, 9.17) is 0 Å². The molecule has 150 valence electrons. The quantitative estimate of drug-likeness (QED) is 0.400. The Balaban J connectivity index is 0. The minimum atomic E-state index is -1.14. The number of carbonyl (C=O) groups excluding carboxylic acids is 2. The predicted octanol–water partition coefficient (Wildman–Crippen LogP) is 2.13. The van der Waals surface area contributed by atoms with Crippen LogP contribution in [0.1, 0.15) is 25.7 Å². The minimum absolute atomic E-state index is 0. The second-order valence-corrected chi connectivity index (χ2v) is 5.18. The van der Waals surface area contributed by atoms with Crippen molar-refractivity contribution in [1.82, 2.24) is 0 Å². The van der Waals surface area contributed by atoms with Gasteiger partial charge in [0.2, 0.25) is 0 Å². The number of hydrogen-bond donors (Lipinski definition) is 0. The summed E-state index contributed by atoms with van der Waals surface area (Å²) in [7, 11) is 0. The second kappa shape index (κ2) is 23.5. The van der Waals surface area contributed by atoms with Gasteiger partial charge in [0, 0.05) is 36.4 Å². The Morgan fingerprint density at radius 2 is 0.759 bits per heavy atom. The van der Waals surface area contributed by atoms with Gasteiger partial charge >= 0.3 is 0 Å². The molecule has 4 nitrogen and oxygen atoms in total. The van der Waals surface area contributed by atoms with Gasteiger partial charge in [-0.3, -0.25) is 0 Å². The van der Waals surface area contributed by atoms with E-state index in [2.05, 4.69) is 18.2 Å². The van der Waals surface area contributed by atoms with Crippen molar-refractivity contribution in [1.29, 1.82) is 0 Å². The summed E-state index contributed by atoms with van der Waals surface area (Å²) in [6, 6.07) is 37.5. The van der Waals surface area contributed by atoms with Crippen LogP contribution >= 0.6 is 0 Å². The van der Waals surface area contributed by atoms with Crippen LogP contribution in [0.2, 0.25) is 0 Å². The molecular formula is C24H23O4Sb-2. The summed E-state index contributed by atoms with van der Waals surface area (Å²) in [4.78, 5) is 19.5. The first-order chi connectivity index (χ1) is 13.6. The van der Waals surface area contributed by atoms with Crippen LogP contribution in [0.5, 0.6) is 0 Å². The smallest absolute Gasteiger partial charge is 0.0414 e. The van der Waals surface area contributed by atoms with Gasteiger partial charge in [0.1, 0.15) is 0 Å². The number of carbonyl (C=O) groups is 2. The number of aliphatic carboxylic acids is 2. The third-order valence-corrected chi connectivity index (χ3v) is 2.83. The summed E-state index contributed by atoms with van der Waals surface area (Å²) in [6.07, 6.45) is 0.535. The minimum Gasteiger partial charge on any atom is -0.550 e. The zero-order valence-corrected chi connectivity index (χ0v) is 18.6. The van der Waals surface area contributed by atoms with Crippen molar-refractivity contribution in [3.63, 3.8) is 0 Å². The maximum absolute atomic E-state index is 9.77. The molecule has 0 bridgehead atoms. The molecule has 5 heteroatoms. The normalized spacial score (nSPS) is 8.14.